The smallest absolute Gasteiger partial charge is 0.0524 e. The SMILES string of the molecule is CCCNCCC=CCc1cnn(CC)c1. The van der Waals surface area contributed by atoms with E-state index in [4.69, 9.17) is 0 Å². The Balaban J connectivity index is 2.11. The van der Waals surface area contributed by atoms with E-state index in [2.05, 4.69) is 42.6 Å². The molecule has 1 rings (SSSR count). The van der Waals surface area contributed by atoms with Gasteiger partial charge in [-0.05, 0) is 44.8 Å². The van der Waals surface area contributed by atoms with Gasteiger partial charge in [0.15, 0.2) is 0 Å². The molecule has 1 heterocycles. The van der Waals surface area contributed by atoms with Gasteiger partial charge in [0.25, 0.3) is 0 Å². The number of aryl methyl sites for hydroxylation is 1. The summed E-state index contributed by atoms with van der Waals surface area (Å²) in [6, 6.07) is 0. The van der Waals surface area contributed by atoms with Gasteiger partial charge in [0.05, 0.1) is 6.20 Å². The monoisotopic (exact) mass is 221 g/mol. The van der Waals surface area contributed by atoms with E-state index in [0.29, 0.717) is 0 Å². The van der Waals surface area contributed by atoms with E-state index in [1.54, 1.807) is 0 Å². The summed E-state index contributed by atoms with van der Waals surface area (Å²) in [5.41, 5.74) is 1.29. The molecule has 0 unspecified atom stereocenters. The third-order valence-electron chi connectivity index (χ3n) is 2.45. The fourth-order valence-corrected chi connectivity index (χ4v) is 1.51. The van der Waals surface area contributed by atoms with Crippen LogP contribution < -0.4 is 5.32 Å². The molecule has 0 amide bonds. The quantitative estimate of drug-likeness (QED) is 0.539. The number of hydrogen-bond acceptors (Lipinski definition) is 2. The second-order valence-electron chi connectivity index (χ2n) is 3.92. The molecule has 1 aromatic heterocycles. The Bertz CT molecular complexity index is 302. The highest BCUT2D eigenvalue weighted by molar-refractivity contribution is 5.09. The van der Waals surface area contributed by atoms with E-state index in [-0.39, 0.29) is 0 Å². The number of nitrogens with one attached hydrogen (secondary N) is 1. The van der Waals surface area contributed by atoms with E-state index in [1.807, 2.05) is 10.9 Å². The van der Waals surface area contributed by atoms with Crippen LogP contribution >= 0.6 is 0 Å². The molecule has 1 aromatic rings. The Morgan fingerprint density at radius 1 is 1.31 bits per heavy atom. The van der Waals surface area contributed by atoms with E-state index < -0.39 is 0 Å². The molecular formula is C13H23N3. The number of aromatic nitrogens is 2. The van der Waals surface area contributed by atoms with Crippen LogP contribution in [0.3, 0.4) is 0 Å². The zero-order valence-electron chi connectivity index (χ0n) is 10.4. The van der Waals surface area contributed by atoms with Gasteiger partial charge in [-0.3, -0.25) is 4.68 Å². The molecule has 0 aromatic carbocycles. The van der Waals surface area contributed by atoms with Gasteiger partial charge in [0.1, 0.15) is 0 Å². The number of allylic oxidation sites excluding steroid dienone is 1. The molecule has 3 heteroatoms. The summed E-state index contributed by atoms with van der Waals surface area (Å²) in [4.78, 5) is 0. The Kier molecular flexibility index (Phi) is 6.58. The number of rotatable bonds is 8. The summed E-state index contributed by atoms with van der Waals surface area (Å²) < 4.78 is 1.96. The molecular weight excluding hydrogens is 198 g/mol. The van der Waals surface area contributed by atoms with Crippen molar-refractivity contribution in [3.63, 3.8) is 0 Å². The van der Waals surface area contributed by atoms with E-state index in [1.165, 1.54) is 12.0 Å². The minimum Gasteiger partial charge on any atom is -0.316 e. The van der Waals surface area contributed by atoms with Gasteiger partial charge in [-0.1, -0.05) is 19.1 Å². The van der Waals surface area contributed by atoms with Crippen molar-refractivity contribution in [1.82, 2.24) is 15.1 Å². The predicted octanol–water partition coefficient (Wildman–Crippen LogP) is 2.39. The fourth-order valence-electron chi connectivity index (χ4n) is 1.51. The van der Waals surface area contributed by atoms with Gasteiger partial charge >= 0.3 is 0 Å². The van der Waals surface area contributed by atoms with Crippen molar-refractivity contribution in [1.29, 1.82) is 0 Å². The molecule has 90 valence electrons. The second-order valence-corrected chi connectivity index (χ2v) is 3.92. The average Bonchev–Trinajstić information content (AvgIpc) is 2.76. The molecule has 0 aliphatic rings. The van der Waals surface area contributed by atoms with Crippen LogP contribution in [-0.4, -0.2) is 22.9 Å². The van der Waals surface area contributed by atoms with Gasteiger partial charge in [0.2, 0.25) is 0 Å². The van der Waals surface area contributed by atoms with Crippen LogP contribution in [-0.2, 0) is 13.0 Å². The molecule has 0 aliphatic carbocycles. The summed E-state index contributed by atoms with van der Waals surface area (Å²) in [6.07, 6.45) is 11.8. The summed E-state index contributed by atoms with van der Waals surface area (Å²) in [6.45, 7) is 7.45. The maximum Gasteiger partial charge on any atom is 0.0524 e. The lowest BCUT2D eigenvalue weighted by atomic mass is 10.2. The van der Waals surface area contributed by atoms with Crippen LogP contribution in [0.5, 0.6) is 0 Å². The van der Waals surface area contributed by atoms with Crippen LogP contribution in [0, 0.1) is 0 Å². The second kappa shape index (κ2) is 8.11. The predicted molar refractivity (Wildman–Crippen MR) is 68.5 cm³/mol. The minimum atomic E-state index is 0.949. The summed E-state index contributed by atoms with van der Waals surface area (Å²) >= 11 is 0. The van der Waals surface area contributed by atoms with Gasteiger partial charge in [0, 0.05) is 12.7 Å². The molecule has 3 nitrogen and oxygen atoms in total. The van der Waals surface area contributed by atoms with Crippen molar-refractivity contribution in [2.75, 3.05) is 13.1 Å². The van der Waals surface area contributed by atoms with Crippen molar-refractivity contribution < 1.29 is 0 Å². The largest absolute Gasteiger partial charge is 0.316 e. The molecule has 0 saturated heterocycles. The summed E-state index contributed by atoms with van der Waals surface area (Å²) in [5, 5.41) is 7.62. The Morgan fingerprint density at radius 3 is 2.88 bits per heavy atom. The van der Waals surface area contributed by atoms with Crippen LogP contribution in [0.2, 0.25) is 0 Å². The minimum absolute atomic E-state index is 0.949. The van der Waals surface area contributed by atoms with Crippen molar-refractivity contribution in [2.45, 2.75) is 39.7 Å². The first-order chi connectivity index (χ1) is 7.86. The van der Waals surface area contributed by atoms with Crippen LogP contribution in [0.15, 0.2) is 24.5 Å². The van der Waals surface area contributed by atoms with Crippen molar-refractivity contribution in [3.8, 4) is 0 Å². The Morgan fingerprint density at radius 2 is 2.19 bits per heavy atom. The van der Waals surface area contributed by atoms with Crippen LogP contribution in [0.25, 0.3) is 0 Å². The van der Waals surface area contributed by atoms with Crippen LogP contribution in [0.1, 0.15) is 32.3 Å². The average molecular weight is 221 g/mol. The molecule has 0 saturated carbocycles. The highest BCUT2D eigenvalue weighted by atomic mass is 15.3. The standard InChI is InChI=1S/C13H23N3/c1-3-9-14-10-7-5-6-8-13-11-15-16(4-2)12-13/h5-6,11-12,14H,3-4,7-10H2,1-2H3. The Labute approximate surface area is 98.5 Å². The Hall–Kier alpha value is -1.09. The molecule has 1 N–H and O–H groups in total. The van der Waals surface area contributed by atoms with Gasteiger partial charge in [-0.2, -0.15) is 5.10 Å². The van der Waals surface area contributed by atoms with E-state index in [9.17, 15) is 0 Å². The number of hydrogen-bond donors (Lipinski definition) is 1. The summed E-state index contributed by atoms with van der Waals surface area (Å²) in [7, 11) is 0. The van der Waals surface area contributed by atoms with Crippen molar-refractivity contribution in [3.05, 3.63) is 30.1 Å². The summed E-state index contributed by atoms with van der Waals surface area (Å²) in [5.74, 6) is 0. The van der Waals surface area contributed by atoms with Crippen molar-refractivity contribution >= 4 is 0 Å². The van der Waals surface area contributed by atoms with Gasteiger partial charge in [-0.15, -0.1) is 0 Å². The lowest BCUT2D eigenvalue weighted by molar-refractivity contribution is 0.659. The van der Waals surface area contributed by atoms with Crippen molar-refractivity contribution in [2.24, 2.45) is 0 Å². The van der Waals surface area contributed by atoms with Gasteiger partial charge in [-0.25, -0.2) is 0 Å². The number of nitrogens with zero attached hydrogens (tertiary/aromatic N) is 2. The zero-order chi connectivity index (χ0) is 11.6. The maximum atomic E-state index is 4.24. The third kappa shape index (κ3) is 5.12. The molecule has 0 fully saturated rings. The molecule has 0 spiro atoms. The lowest BCUT2D eigenvalue weighted by Gasteiger charge is -1.97. The van der Waals surface area contributed by atoms with E-state index in [0.717, 1.165) is 32.5 Å². The third-order valence-corrected chi connectivity index (χ3v) is 2.45. The molecule has 0 atom stereocenters. The van der Waals surface area contributed by atoms with Crippen LogP contribution in [0.4, 0.5) is 0 Å². The van der Waals surface area contributed by atoms with Gasteiger partial charge < -0.3 is 5.32 Å². The highest BCUT2D eigenvalue weighted by Crippen LogP contribution is 2.00. The molecule has 0 radical (unpaired) electrons. The van der Waals surface area contributed by atoms with E-state index >= 15 is 0 Å². The lowest BCUT2D eigenvalue weighted by Crippen LogP contribution is -2.14. The normalized spacial score (nSPS) is 11.4. The fraction of sp³-hybridized carbons (Fsp3) is 0.615. The zero-order valence-corrected chi connectivity index (χ0v) is 10.4. The topological polar surface area (TPSA) is 29.9 Å². The molecule has 16 heavy (non-hydrogen) atoms. The molecule has 0 bridgehead atoms. The first-order valence-electron chi connectivity index (χ1n) is 6.23. The highest BCUT2D eigenvalue weighted by Gasteiger charge is 1.93. The maximum absolute atomic E-state index is 4.24. The first-order valence-corrected chi connectivity index (χ1v) is 6.23. The molecule has 0 aliphatic heterocycles. The first kappa shape index (κ1) is 13.0.